The van der Waals surface area contributed by atoms with Crippen LogP contribution in [0.5, 0.6) is 0 Å². The third kappa shape index (κ3) is 3.93. The van der Waals surface area contributed by atoms with Crippen LogP contribution in [0.3, 0.4) is 0 Å². The van der Waals surface area contributed by atoms with Crippen LogP contribution in [0.1, 0.15) is 37.2 Å². The second kappa shape index (κ2) is 7.06. The maximum absolute atomic E-state index is 12.2. The average Bonchev–Trinajstić information content (AvgIpc) is 2.92. The first kappa shape index (κ1) is 15.3. The van der Waals surface area contributed by atoms with Gasteiger partial charge in [0.15, 0.2) is 0 Å². The summed E-state index contributed by atoms with van der Waals surface area (Å²) in [7, 11) is 0. The van der Waals surface area contributed by atoms with E-state index in [1.54, 1.807) is 17.2 Å². The molecule has 1 atom stereocenters. The zero-order valence-electron chi connectivity index (χ0n) is 12.6. The van der Waals surface area contributed by atoms with Crippen LogP contribution in [-0.4, -0.2) is 47.4 Å². The summed E-state index contributed by atoms with van der Waals surface area (Å²) in [5.41, 5.74) is 1.29. The number of amides is 2. The molecule has 2 amide bonds. The normalized spacial score (nSPS) is 17.4. The molecular formula is C15H22N4O2. The highest BCUT2D eigenvalue weighted by molar-refractivity contribution is 5.93. The summed E-state index contributed by atoms with van der Waals surface area (Å²) in [4.78, 5) is 29.3. The molecule has 1 aromatic heterocycles. The predicted octanol–water partition coefficient (Wildman–Crippen LogP) is 1.25. The molecule has 1 aromatic rings. The molecule has 21 heavy (non-hydrogen) atoms. The molecule has 0 radical (unpaired) electrons. The molecule has 1 aliphatic rings. The molecule has 2 N–H and O–H groups in total. The minimum Gasteiger partial charge on any atom is -0.383 e. The second-order valence-electron chi connectivity index (χ2n) is 5.09. The van der Waals surface area contributed by atoms with Gasteiger partial charge >= 0.3 is 0 Å². The van der Waals surface area contributed by atoms with E-state index < -0.39 is 0 Å². The topological polar surface area (TPSA) is 74.3 Å². The van der Waals surface area contributed by atoms with Gasteiger partial charge in [-0.25, -0.2) is 0 Å². The fourth-order valence-electron chi connectivity index (χ4n) is 2.40. The summed E-state index contributed by atoms with van der Waals surface area (Å²) in [5, 5.41) is 6.16. The van der Waals surface area contributed by atoms with Gasteiger partial charge < -0.3 is 15.5 Å². The average molecular weight is 290 g/mol. The van der Waals surface area contributed by atoms with Crippen molar-refractivity contribution in [3.8, 4) is 0 Å². The minimum absolute atomic E-state index is 0.0576. The molecule has 2 heterocycles. The fourth-order valence-corrected chi connectivity index (χ4v) is 2.40. The van der Waals surface area contributed by atoms with Crippen molar-refractivity contribution in [3.63, 3.8) is 0 Å². The van der Waals surface area contributed by atoms with Gasteiger partial charge in [-0.3, -0.25) is 14.6 Å². The van der Waals surface area contributed by atoms with Crippen molar-refractivity contribution in [2.75, 3.05) is 25.0 Å². The quantitative estimate of drug-likeness (QED) is 0.827. The molecule has 0 aromatic carbocycles. The van der Waals surface area contributed by atoms with Crippen molar-refractivity contribution in [1.82, 2.24) is 15.2 Å². The van der Waals surface area contributed by atoms with Gasteiger partial charge in [-0.1, -0.05) is 0 Å². The Balaban J connectivity index is 1.97. The van der Waals surface area contributed by atoms with Crippen LogP contribution in [0.25, 0.3) is 0 Å². The number of rotatable bonds is 6. The first-order chi connectivity index (χ1) is 10.1. The molecule has 0 bridgehead atoms. The summed E-state index contributed by atoms with van der Waals surface area (Å²) in [6.45, 7) is 5.90. The number of anilines is 1. The van der Waals surface area contributed by atoms with E-state index in [1.165, 1.54) is 0 Å². The summed E-state index contributed by atoms with van der Waals surface area (Å²) < 4.78 is 0. The Hall–Kier alpha value is -2.11. The molecule has 0 aliphatic carbocycles. The Morgan fingerprint density at radius 2 is 2.24 bits per heavy atom. The van der Waals surface area contributed by atoms with Crippen LogP contribution in [0.4, 0.5) is 5.69 Å². The lowest BCUT2D eigenvalue weighted by atomic mass is 10.2. The van der Waals surface area contributed by atoms with E-state index in [0.29, 0.717) is 31.7 Å². The predicted molar refractivity (Wildman–Crippen MR) is 81.1 cm³/mol. The number of carbonyl (C=O) groups excluding carboxylic acids is 2. The number of hydrogen-bond donors (Lipinski definition) is 2. The molecule has 0 saturated carbocycles. The molecule has 6 nitrogen and oxygen atoms in total. The summed E-state index contributed by atoms with van der Waals surface area (Å²) in [6.07, 6.45) is 3.07. The minimum atomic E-state index is -0.0576. The lowest BCUT2D eigenvalue weighted by Gasteiger charge is -2.18. The Morgan fingerprint density at radius 3 is 2.86 bits per heavy atom. The van der Waals surface area contributed by atoms with E-state index in [0.717, 1.165) is 12.1 Å². The van der Waals surface area contributed by atoms with Gasteiger partial charge in [0, 0.05) is 44.0 Å². The van der Waals surface area contributed by atoms with E-state index in [1.807, 2.05) is 19.9 Å². The van der Waals surface area contributed by atoms with Crippen molar-refractivity contribution in [3.05, 3.63) is 24.0 Å². The van der Waals surface area contributed by atoms with E-state index in [-0.39, 0.29) is 17.9 Å². The standard InChI is InChI=1S/C15H22N4O2/c1-3-19(4-2)15(21)13-9-11(7-8-16-13)17-10-12-5-6-14(20)18-12/h7-9,12H,3-6,10H2,1-2H3,(H,16,17)(H,18,20). The van der Waals surface area contributed by atoms with Crippen LogP contribution < -0.4 is 10.6 Å². The van der Waals surface area contributed by atoms with Gasteiger partial charge in [-0.2, -0.15) is 0 Å². The Bertz CT molecular complexity index is 514. The number of hydrogen-bond acceptors (Lipinski definition) is 4. The monoisotopic (exact) mass is 290 g/mol. The van der Waals surface area contributed by atoms with Crippen molar-refractivity contribution < 1.29 is 9.59 Å². The zero-order valence-corrected chi connectivity index (χ0v) is 12.6. The highest BCUT2D eigenvalue weighted by atomic mass is 16.2. The van der Waals surface area contributed by atoms with Crippen molar-refractivity contribution in [2.45, 2.75) is 32.7 Å². The molecule has 1 fully saturated rings. The third-order valence-corrected chi connectivity index (χ3v) is 3.67. The van der Waals surface area contributed by atoms with Gasteiger partial charge in [-0.05, 0) is 32.4 Å². The number of pyridine rings is 1. The van der Waals surface area contributed by atoms with Gasteiger partial charge in [-0.15, -0.1) is 0 Å². The molecule has 1 unspecified atom stereocenters. The molecule has 6 heteroatoms. The van der Waals surface area contributed by atoms with Gasteiger partial charge in [0.05, 0.1) is 0 Å². The SMILES string of the molecule is CCN(CC)C(=O)c1cc(NCC2CCC(=O)N2)ccn1. The summed E-state index contributed by atoms with van der Waals surface area (Å²) in [6, 6.07) is 3.75. The second-order valence-corrected chi connectivity index (χ2v) is 5.09. The molecule has 0 spiro atoms. The van der Waals surface area contributed by atoms with Crippen LogP contribution in [0, 0.1) is 0 Å². The molecule has 1 aliphatic heterocycles. The maximum atomic E-state index is 12.2. The van der Waals surface area contributed by atoms with E-state index >= 15 is 0 Å². The van der Waals surface area contributed by atoms with Gasteiger partial charge in [0.25, 0.3) is 5.91 Å². The number of aromatic nitrogens is 1. The van der Waals surface area contributed by atoms with Crippen molar-refractivity contribution >= 4 is 17.5 Å². The smallest absolute Gasteiger partial charge is 0.272 e. The highest BCUT2D eigenvalue weighted by Crippen LogP contribution is 2.12. The van der Waals surface area contributed by atoms with E-state index in [2.05, 4.69) is 15.6 Å². The molecule has 1 saturated heterocycles. The number of nitrogens with one attached hydrogen (secondary N) is 2. The third-order valence-electron chi connectivity index (χ3n) is 3.67. The number of nitrogens with zero attached hydrogens (tertiary/aromatic N) is 2. The Labute approximate surface area is 124 Å². The first-order valence-electron chi connectivity index (χ1n) is 7.42. The van der Waals surface area contributed by atoms with Crippen LogP contribution >= 0.6 is 0 Å². The van der Waals surface area contributed by atoms with Gasteiger partial charge in [0.2, 0.25) is 5.91 Å². The van der Waals surface area contributed by atoms with E-state index in [4.69, 9.17) is 0 Å². The van der Waals surface area contributed by atoms with Crippen LogP contribution in [0.15, 0.2) is 18.3 Å². The fraction of sp³-hybridized carbons (Fsp3) is 0.533. The largest absolute Gasteiger partial charge is 0.383 e. The lowest BCUT2D eigenvalue weighted by molar-refractivity contribution is -0.119. The van der Waals surface area contributed by atoms with Crippen LogP contribution in [-0.2, 0) is 4.79 Å². The van der Waals surface area contributed by atoms with Gasteiger partial charge in [0.1, 0.15) is 5.69 Å². The molecule has 2 rings (SSSR count). The van der Waals surface area contributed by atoms with Crippen molar-refractivity contribution in [1.29, 1.82) is 0 Å². The molecule has 114 valence electrons. The summed E-state index contributed by atoms with van der Waals surface area (Å²) >= 11 is 0. The first-order valence-corrected chi connectivity index (χ1v) is 7.42. The Kier molecular flexibility index (Phi) is 5.14. The number of carbonyl (C=O) groups is 2. The highest BCUT2D eigenvalue weighted by Gasteiger charge is 2.20. The van der Waals surface area contributed by atoms with E-state index in [9.17, 15) is 9.59 Å². The van der Waals surface area contributed by atoms with Crippen molar-refractivity contribution in [2.24, 2.45) is 0 Å². The lowest BCUT2D eigenvalue weighted by Crippen LogP contribution is -2.32. The van der Waals surface area contributed by atoms with Crippen LogP contribution in [0.2, 0.25) is 0 Å². The maximum Gasteiger partial charge on any atom is 0.272 e. The Morgan fingerprint density at radius 1 is 1.48 bits per heavy atom. The zero-order chi connectivity index (χ0) is 15.2. The molecular weight excluding hydrogens is 268 g/mol. The summed E-state index contributed by atoms with van der Waals surface area (Å²) in [5.74, 6) is 0.0479.